The lowest BCUT2D eigenvalue weighted by Gasteiger charge is -2.24. The van der Waals surface area contributed by atoms with Gasteiger partial charge in [-0.25, -0.2) is 4.79 Å². The number of nitrogens with zero attached hydrogens (tertiary/aromatic N) is 1. The van der Waals surface area contributed by atoms with E-state index in [0.29, 0.717) is 5.58 Å². The Bertz CT molecular complexity index is 615. The summed E-state index contributed by atoms with van der Waals surface area (Å²) in [5.74, 6) is 0. The molecule has 1 aromatic heterocycles. The van der Waals surface area contributed by atoms with E-state index < -0.39 is 0 Å². The highest BCUT2D eigenvalue weighted by atomic mass is 16.4. The van der Waals surface area contributed by atoms with Gasteiger partial charge in [0.2, 0.25) is 0 Å². The predicted molar refractivity (Wildman–Crippen MR) is 80.2 cm³/mol. The Kier molecular flexibility index (Phi) is 4.10. The monoisotopic (exact) mass is 260 g/mol. The van der Waals surface area contributed by atoms with Crippen LogP contribution in [-0.4, -0.2) is 19.6 Å². The zero-order valence-electron chi connectivity index (χ0n) is 11.7. The van der Waals surface area contributed by atoms with E-state index >= 15 is 0 Å². The van der Waals surface area contributed by atoms with Crippen LogP contribution in [0.5, 0.6) is 0 Å². The third kappa shape index (κ3) is 2.72. The van der Waals surface area contributed by atoms with Gasteiger partial charge >= 0.3 is 5.63 Å². The first-order chi connectivity index (χ1) is 9.19. The molecule has 1 heterocycles. The van der Waals surface area contributed by atoms with Crippen molar-refractivity contribution in [3.8, 4) is 0 Å². The first-order valence-electron chi connectivity index (χ1n) is 6.76. The molecule has 19 heavy (non-hydrogen) atoms. The minimum Gasteiger partial charge on any atom is -0.423 e. The molecule has 0 amide bonds. The van der Waals surface area contributed by atoms with Crippen molar-refractivity contribution in [2.75, 3.05) is 29.9 Å². The molecule has 2 rings (SSSR count). The van der Waals surface area contributed by atoms with Crippen molar-refractivity contribution in [1.29, 1.82) is 0 Å². The number of rotatable bonds is 5. The fourth-order valence-corrected chi connectivity index (χ4v) is 2.26. The Morgan fingerprint density at radius 2 is 1.89 bits per heavy atom. The minimum atomic E-state index is -0.314. The van der Waals surface area contributed by atoms with E-state index in [2.05, 4.69) is 37.1 Å². The highest BCUT2D eigenvalue weighted by Crippen LogP contribution is 2.30. The van der Waals surface area contributed by atoms with Crippen molar-refractivity contribution in [2.45, 2.75) is 20.8 Å². The summed E-state index contributed by atoms with van der Waals surface area (Å²) in [6.07, 6.45) is 0. The molecular weight excluding hydrogens is 240 g/mol. The second-order valence-electron chi connectivity index (χ2n) is 4.36. The molecule has 0 bridgehead atoms. The van der Waals surface area contributed by atoms with E-state index in [9.17, 15) is 4.79 Å². The van der Waals surface area contributed by atoms with Gasteiger partial charge in [-0.05, 0) is 32.9 Å². The lowest BCUT2D eigenvalue weighted by atomic mass is 10.1. The Balaban J connectivity index is 2.62. The van der Waals surface area contributed by atoms with E-state index in [1.165, 1.54) is 6.07 Å². The number of hydrogen-bond donors (Lipinski definition) is 1. The second kappa shape index (κ2) is 5.78. The lowest BCUT2D eigenvalue weighted by molar-refractivity contribution is 0.561. The maximum absolute atomic E-state index is 11.3. The van der Waals surface area contributed by atoms with Crippen LogP contribution in [0.3, 0.4) is 0 Å². The molecule has 102 valence electrons. The molecule has 0 saturated heterocycles. The Morgan fingerprint density at radius 1 is 1.16 bits per heavy atom. The third-order valence-electron chi connectivity index (χ3n) is 3.21. The number of hydrogen-bond acceptors (Lipinski definition) is 4. The van der Waals surface area contributed by atoms with Gasteiger partial charge in [-0.15, -0.1) is 0 Å². The fraction of sp³-hybridized carbons (Fsp3) is 0.400. The van der Waals surface area contributed by atoms with Gasteiger partial charge in [0.1, 0.15) is 5.58 Å². The van der Waals surface area contributed by atoms with Crippen molar-refractivity contribution < 1.29 is 4.42 Å². The molecule has 1 aromatic carbocycles. The molecule has 4 heteroatoms. The third-order valence-corrected chi connectivity index (χ3v) is 3.21. The maximum Gasteiger partial charge on any atom is 0.336 e. The smallest absolute Gasteiger partial charge is 0.336 e. The number of nitrogens with one attached hydrogen (secondary N) is 1. The number of fused-ring (bicyclic) bond motifs is 1. The van der Waals surface area contributed by atoms with Crippen LogP contribution in [-0.2, 0) is 0 Å². The quantitative estimate of drug-likeness (QED) is 0.839. The van der Waals surface area contributed by atoms with Crippen LogP contribution < -0.4 is 15.8 Å². The molecular formula is C15H20N2O2. The average Bonchev–Trinajstić information content (AvgIpc) is 2.41. The van der Waals surface area contributed by atoms with Gasteiger partial charge in [0, 0.05) is 37.2 Å². The summed E-state index contributed by atoms with van der Waals surface area (Å²) in [7, 11) is 0. The van der Waals surface area contributed by atoms with Crippen molar-refractivity contribution in [3.05, 3.63) is 34.7 Å². The van der Waals surface area contributed by atoms with E-state index in [-0.39, 0.29) is 5.63 Å². The summed E-state index contributed by atoms with van der Waals surface area (Å²) < 4.78 is 5.24. The van der Waals surface area contributed by atoms with Crippen LogP contribution in [0.25, 0.3) is 11.0 Å². The summed E-state index contributed by atoms with van der Waals surface area (Å²) in [6.45, 7) is 9.03. The van der Waals surface area contributed by atoms with Crippen LogP contribution in [0.15, 0.2) is 33.5 Å². The topological polar surface area (TPSA) is 45.5 Å². The Morgan fingerprint density at radius 3 is 2.53 bits per heavy atom. The van der Waals surface area contributed by atoms with E-state index in [1.807, 2.05) is 12.1 Å². The second-order valence-corrected chi connectivity index (χ2v) is 4.36. The molecule has 0 spiro atoms. The highest BCUT2D eigenvalue weighted by Gasteiger charge is 2.11. The zero-order chi connectivity index (χ0) is 13.8. The first-order valence-corrected chi connectivity index (χ1v) is 6.76. The van der Waals surface area contributed by atoms with Gasteiger partial charge < -0.3 is 14.6 Å². The normalized spacial score (nSPS) is 10.7. The van der Waals surface area contributed by atoms with Crippen LogP contribution in [0, 0.1) is 0 Å². The number of benzene rings is 1. The SMILES string of the molecule is CCNc1cc2oc(=O)ccc2cc1N(CC)CC. The molecule has 2 aromatic rings. The van der Waals surface area contributed by atoms with Crippen molar-refractivity contribution in [1.82, 2.24) is 0 Å². The Hall–Kier alpha value is -1.97. The summed E-state index contributed by atoms with van der Waals surface area (Å²) in [6, 6.07) is 7.25. The Labute approximate surface area is 113 Å². The molecule has 0 aliphatic carbocycles. The standard InChI is InChI=1S/C15H20N2O2/c1-4-16-12-10-14-11(7-8-15(18)19-14)9-13(12)17(5-2)6-3/h7-10,16H,4-6H2,1-3H3. The van der Waals surface area contributed by atoms with Gasteiger partial charge in [0.05, 0.1) is 11.4 Å². The van der Waals surface area contributed by atoms with Gasteiger partial charge in [-0.3, -0.25) is 0 Å². The molecule has 0 unspecified atom stereocenters. The van der Waals surface area contributed by atoms with Crippen molar-refractivity contribution in [3.63, 3.8) is 0 Å². The molecule has 0 atom stereocenters. The van der Waals surface area contributed by atoms with Crippen molar-refractivity contribution in [2.24, 2.45) is 0 Å². The molecule has 0 aliphatic heterocycles. The zero-order valence-corrected chi connectivity index (χ0v) is 11.7. The van der Waals surface area contributed by atoms with Crippen LogP contribution >= 0.6 is 0 Å². The summed E-state index contributed by atoms with van der Waals surface area (Å²) in [5, 5.41) is 4.28. The lowest BCUT2D eigenvalue weighted by Crippen LogP contribution is -2.23. The highest BCUT2D eigenvalue weighted by molar-refractivity contribution is 5.88. The van der Waals surface area contributed by atoms with Crippen LogP contribution in [0.1, 0.15) is 20.8 Å². The predicted octanol–water partition coefficient (Wildman–Crippen LogP) is 3.07. The van der Waals surface area contributed by atoms with E-state index in [4.69, 9.17) is 4.42 Å². The van der Waals surface area contributed by atoms with Crippen LogP contribution in [0.4, 0.5) is 11.4 Å². The van der Waals surface area contributed by atoms with Gasteiger partial charge in [0.15, 0.2) is 0 Å². The molecule has 1 N–H and O–H groups in total. The van der Waals surface area contributed by atoms with Crippen LogP contribution in [0.2, 0.25) is 0 Å². The molecule has 0 saturated carbocycles. The van der Waals surface area contributed by atoms with E-state index in [1.54, 1.807) is 0 Å². The molecule has 0 radical (unpaired) electrons. The van der Waals surface area contributed by atoms with Gasteiger partial charge in [-0.2, -0.15) is 0 Å². The molecule has 0 aliphatic rings. The molecule has 4 nitrogen and oxygen atoms in total. The largest absolute Gasteiger partial charge is 0.423 e. The minimum absolute atomic E-state index is 0.314. The fourth-order valence-electron chi connectivity index (χ4n) is 2.26. The number of anilines is 2. The first kappa shape index (κ1) is 13.5. The summed E-state index contributed by atoms with van der Waals surface area (Å²) in [4.78, 5) is 13.6. The van der Waals surface area contributed by atoms with E-state index in [0.717, 1.165) is 36.4 Å². The van der Waals surface area contributed by atoms with Gasteiger partial charge in [0.25, 0.3) is 0 Å². The molecule has 0 fully saturated rings. The summed E-state index contributed by atoms with van der Waals surface area (Å²) in [5.41, 5.74) is 2.46. The van der Waals surface area contributed by atoms with Crippen molar-refractivity contribution >= 4 is 22.3 Å². The van der Waals surface area contributed by atoms with Gasteiger partial charge in [-0.1, -0.05) is 0 Å². The maximum atomic E-state index is 11.3. The summed E-state index contributed by atoms with van der Waals surface area (Å²) >= 11 is 0. The average molecular weight is 260 g/mol.